The van der Waals surface area contributed by atoms with E-state index in [1.165, 1.54) is 6.92 Å². The predicted molar refractivity (Wildman–Crippen MR) is 96.0 cm³/mol. The maximum atomic E-state index is 12.6. The fourth-order valence-electron chi connectivity index (χ4n) is 2.99. The monoisotopic (exact) mass is 385 g/mol. The lowest BCUT2D eigenvalue weighted by molar-refractivity contribution is -0.168. The van der Waals surface area contributed by atoms with Crippen molar-refractivity contribution >= 4 is 16.0 Å². The van der Waals surface area contributed by atoms with E-state index in [1.54, 1.807) is 52.0 Å². The van der Waals surface area contributed by atoms with E-state index in [0.717, 1.165) is 5.56 Å². The van der Waals surface area contributed by atoms with Crippen LogP contribution in [-0.4, -0.2) is 44.5 Å². The van der Waals surface area contributed by atoms with Gasteiger partial charge in [0.05, 0.1) is 4.90 Å². The second-order valence-corrected chi connectivity index (χ2v) is 8.82. The highest BCUT2D eigenvalue weighted by Crippen LogP contribution is 2.33. The summed E-state index contributed by atoms with van der Waals surface area (Å²) in [6.45, 7) is 10.1. The number of hydrogen-bond donors (Lipinski definition) is 1. The number of aryl methyl sites for hydroxylation is 1. The minimum absolute atomic E-state index is 0.178. The van der Waals surface area contributed by atoms with Crippen molar-refractivity contribution in [2.24, 2.45) is 0 Å². The molecule has 1 saturated heterocycles. The second-order valence-electron chi connectivity index (χ2n) is 7.10. The quantitative estimate of drug-likeness (QED) is 0.755. The number of hydrogen-bond acceptors (Lipinski definition) is 6. The van der Waals surface area contributed by atoms with E-state index in [0.29, 0.717) is 0 Å². The van der Waals surface area contributed by atoms with Crippen molar-refractivity contribution in [1.82, 2.24) is 4.72 Å². The van der Waals surface area contributed by atoms with Gasteiger partial charge in [0.1, 0.15) is 18.3 Å². The summed E-state index contributed by atoms with van der Waals surface area (Å²) >= 11 is 0. The number of esters is 1. The van der Waals surface area contributed by atoms with Gasteiger partial charge in [0.15, 0.2) is 5.79 Å². The summed E-state index contributed by atoms with van der Waals surface area (Å²) in [6.07, 6.45) is -1.78. The van der Waals surface area contributed by atoms with E-state index in [1.807, 2.05) is 6.92 Å². The minimum atomic E-state index is -3.72. The summed E-state index contributed by atoms with van der Waals surface area (Å²) in [4.78, 5) is 11.4. The predicted octanol–water partition coefficient (Wildman–Crippen LogP) is 2.13. The number of carbonyl (C=O) groups excluding carboxylic acids is 1. The Morgan fingerprint density at radius 1 is 1.15 bits per heavy atom. The van der Waals surface area contributed by atoms with E-state index in [9.17, 15) is 13.2 Å². The fourth-order valence-corrected chi connectivity index (χ4v) is 4.25. The highest BCUT2D eigenvalue weighted by atomic mass is 32.2. The lowest BCUT2D eigenvalue weighted by atomic mass is 10.0. The molecule has 146 valence electrons. The van der Waals surface area contributed by atoms with Crippen LogP contribution in [0.2, 0.25) is 0 Å². The Morgan fingerprint density at radius 3 is 2.23 bits per heavy atom. The zero-order valence-electron chi connectivity index (χ0n) is 16.0. The van der Waals surface area contributed by atoms with Crippen LogP contribution in [0, 0.1) is 6.92 Å². The minimum Gasteiger partial charge on any atom is -0.460 e. The lowest BCUT2D eigenvalue weighted by Crippen LogP contribution is -2.49. The first-order valence-electron chi connectivity index (χ1n) is 8.53. The molecule has 4 atom stereocenters. The summed E-state index contributed by atoms with van der Waals surface area (Å²) in [5.41, 5.74) is 0.974. The van der Waals surface area contributed by atoms with Crippen LogP contribution in [0.3, 0.4) is 0 Å². The molecule has 1 aliphatic heterocycles. The van der Waals surface area contributed by atoms with Gasteiger partial charge >= 0.3 is 5.97 Å². The van der Waals surface area contributed by atoms with E-state index in [2.05, 4.69) is 4.72 Å². The van der Waals surface area contributed by atoms with E-state index < -0.39 is 46.1 Å². The molecule has 1 aromatic carbocycles. The number of benzene rings is 1. The number of nitrogens with one attached hydrogen (secondary N) is 1. The molecule has 0 spiro atoms. The standard InChI is InChI=1S/C18H27NO6S/c1-11-7-9-15(10-8-11)26(21,22)19-12(2)16-17(13(3)23-14(4)20)25-18(5,6)24-16/h7-10,12-13,16-17,19H,1-6H3/t12-,13+,16+,17+/m0/s1. The van der Waals surface area contributed by atoms with E-state index >= 15 is 0 Å². The Morgan fingerprint density at radius 2 is 1.69 bits per heavy atom. The summed E-state index contributed by atoms with van der Waals surface area (Å²) in [7, 11) is -3.72. The smallest absolute Gasteiger partial charge is 0.302 e. The number of carbonyl (C=O) groups is 1. The van der Waals surface area contributed by atoms with Crippen molar-refractivity contribution in [1.29, 1.82) is 0 Å². The molecule has 26 heavy (non-hydrogen) atoms. The number of ether oxygens (including phenoxy) is 3. The van der Waals surface area contributed by atoms with Crippen LogP contribution in [0.1, 0.15) is 40.2 Å². The molecule has 0 radical (unpaired) electrons. The normalized spacial score (nSPS) is 24.8. The van der Waals surface area contributed by atoms with Gasteiger partial charge < -0.3 is 14.2 Å². The first kappa shape index (κ1) is 20.8. The molecular formula is C18H27NO6S. The maximum absolute atomic E-state index is 12.6. The van der Waals surface area contributed by atoms with Crippen LogP contribution < -0.4 is 4.72 Å². The molecule has 1 aromatic rings. The zero-order valence-corrected chi connectivity index (χ0v) is 16.8. The van der Waals surface area contributed by atoms with Crippen molar-refractivity contribution in [2.75, 3.05) is 0 Å². The first-order chi connectivity index (χ1) is 11.9. The molecule has 0 aliphatic carbocycles. The summed E-state index contributed by atoms with van der Waals surface area (Å²) in [5, 5.41) is 0. The molecule has 1 heterocycles. The van der Waals surface area contributed by atoms with E-state index in [4.69, 9.17) is 14.2 Å². The molecule has 0 unspecified atom stereocenters. The molecule has 2 rings (SSSR count). The zero-order chi connectivity index (χ0) is 19.7. The number of sulfonamides is 1. The molecule has 0 bridgehead atoms. The SMILES string of the molecule is CC(=O)O[C@H](C)[C@H]1OC(C)(C)O[C@@H]1[C@H](C)NS(=O)(=O)c1ccc(C)cc1. The third-order valence-electron chi connectivity index (χ3n) is 4.14. The topological polar surface area (TPSA) is 90.9 Å². The van der Waals surface area contributed by atoms with E-state index in [-0.39, 0.29) is 4.90 Å². The fraction of sp³-hybridized carbons (Fsp3) is 0.611. The Bertz CT molecular complexity index is 743. The Kier molecular flexibility index (Phi) is 6.12. The lowest BCUT2D eigenvalue weighted by Gasteiger charge is -2.27. The van der Waals surface area contributed by atoms with Crippen LogP contribution in [-0.2, 0) is 29.0 Å². The molecule has 1 N–H and O–H groups in total. The largest absolute Gasteiger partial charge is 0.460 e. The van der Waals surface area contributed by atoms with Gasteiger partial charge in [0.2, 0.25) is 10.0 Å². The van der Waals surface area contributed by atoms with Gasteiger partial charge in [-0.15, -0.1) is 0 Å². The Hall–Kier alpha value is -1.48. The molecule has 7 nitrogen and oxygen atoms in total. The van der Waals surface area contributed by atoms with Gasteiger partial charge in [-0.05, 0) is 46.8 Å². The average molecular weight is 385 g/mol. The van der Waals surface area contributed by atoms with Crippen LogP contribution in [0.25, 0.3) is 0 Å². The third-order valence-corrected chi connectivity index (χ3v) is 5.72. The molecule has 1 fully saturated rings. The van der Waals surface area contributed by atoms with Gasteiger partial charge in [-0.2, -0.15) is 0 Å². The highest BCUT2D eigenvalue weighted by Gasteiger charge is 2.48. The van der Waals surface area contributed by atoms with Gasteiger partial charge in [-0.1, -0.05) is 17.7 Å². The maximum Gasteiger partial charge on any atom is 0.302 e. The second kappa shape index (κ2) is 7.64. The molecule has 8 heteroatoms. The van der Waals surface area contributed by atoms with Crippen molar-refractivity contribution in [2.45, 2.75) is 76.6 Å². The van der Waals surface area contributed by atoms with Crippen molar-refractivity contribution in [3.8, 4) is 0 Å². The molecule has 0 aromatic heterocycles. The molecule has 0 amide bonds. The highest BCUT2D eigenvalue weighted by molar-refractivity contribution is 7.89. The Balaban J connectivity index is 2.18. The van der Waals surface area contributed by atoms with Gasteiger partial charge in [0, 0.05) is 13.0 Å². The van der Waals surface area contributed by atoms with Crippen molar-refractivity contribution in [3.05, 3.63) is 29.8 Å². The molecular weight excluding hydrogens is 358 g/mol. The van der Waals surface area contributed by atoms with Crippen LogP contribution >= 0.6 is 0 Å². The molecule has 0 saturated carbocycles. The number of rotatable bonds is 6. The van der Waals surface area contributed by atoms with Gasteiger partial charge in [-0.3, -0.25) is 4.79 Å². The molecule has 1 aliphatic rings. The van der Waals surface area contributed by atoms with Gasteiger partial charge in [-0.25, -0.2) is 13.1 Å². The van der Waals surface area contributed by atoms with Crippen LogP contribution in [0.5, 0.6) is 0 Å². The van der Waals surface area contributed by atoms with Crippen LogP contribution in [0.4, 0.5) is 0 Å². The van der Waals surface area contributed by atoms with Gasteiger partial charge in [0.25, 0.3) is 0 Å². The third kappa shape index (κ3) is 5.03. The summed E-state index contributed by atoms with van der Waals surface area (Å²) in [6, 6.07) is 6.00. The van der Waals surface area contributed by atoms with Crippen LogP contribution in [0.15, 0.2) is 29.2 Å². The van der Waals surface area contributed by atoms with Crippen molar-refractivity contribution in [3.63, 3.8) is 0 Å². The first-order valence-corrected chi connectivity index (χ1v) is 10.0. The Labute approximate surface area is 155 Å². The summed E-state index contributed by atoms with van der Waals surface area (Å²) < 4.78 is 44.9. The van der Waals surface area contributed by atoms with Crippen molar-refractivity contribution < 1.29 is 27.4 Å². The average Bonchev–Trinajstić information content (AvgIpc) is 2.83. The summed E-state index contributed by atoms with van der Waals surface area (Å²) in [5.74, 6) is -1.34.